The molecule has 0 saturated heterocycles. The molecular formula is C23H34ClN3O4S2. The molecule has 0 aliphatic carbocycles. The van der Waals surface area contributed by atoms with Crippen LogP contribution in [0.4, 0.5) is 11.4 Å². The third-order valence-corrected chi connectivity index (χ3v) is 9.11. The van der Waals surface area contributed by atoms with E-state index >= 15 is 0 Å². The van der Waals surface area contributed by atoms with E-state index in [-0.39, 0.29) is 29.2 Å². The van der Waals surface area contributed by atoms with Gasteiger partial charge in [-0.2, -0.15) is 4.31 Å². The zero-order valence-corrected chi connectivity index (χ0v) is 22.4. The van der Waals surface area contributed by atoms with Crippen LogP contribution >= 0.6 is 11.6 Å². The van der Waals surface area contributed by atoms with Gasteiger partial charge in [0.05, 0.1) is 10.6 Å². The fraction of sp³-hybridized carbons (Fsp3) is 0.478. The lowest BCUT2D eigenvalue weighted by Crippen LogP contribution is -2.41. The third kappa shape index (κ3) is 7.09. The van der Waals surface area contributed by atoms with Crippen LogP contribution in [-0.2, 0) is 26.6 Å². The Hall–Kier alpha value is -1.81. The quantitative estimate of drug-likeness (QED) is 0.464. The molecule has 2 rings (SSSR count). The number of hydrogen-bond donors (Lipinski definition) is 1. The van der Waals surface area contributed by atoms with Crippen molar-refractivity contribution in [1.82, 2.24) is 4.31 Å². The Morgan fingerprint density at radius 3 is 2.21 bits per heavy atom. The highest BCUT2D eigenvalue weighted by molar-refractivity contribution is 7.92. The maximum absolute atomic E-state index is 13.7. The van der Waals surface area contributed by atoms with Crippen molar-refractivity contribution < 1.29 is 16.8 Å². The van der Waals surface area contributed by atoms with E-state index in [1.807, 2.05) is 39.8 Å². The number of anilines is 2. The van der Waals surface area contributed by atoms with E-state index in [9.17, 15) is 16.8 Å². The smallest absolute Gasteiger partial charge is 0.243 e. The SMILES string of the molecule is CCCS(=O)(=O)Nc1ccc(N(C)C)c(CN([C@H](C)C(C)C)S(=O)(=O)c2cccc(Cl)c2)c1. The van der Waals surface area contributed by atoms with E-state index in [2.05, 4.69) is 4.72 Å². The zero-order chi connectivity index (χ0) is 25.0. The molecule has 0 spiro atoms. The van der Waals surface area contributed by atoms with E-state index in [1.165, 1.54) is 16.4 Å². The summed E-state index contributed by atoms with van der Waals surface area (Å²) in [4.78, 5) is 2.00. The average Bonchev–Trinajstić information content (AvgIpc) is 2.70. The third-order valence-electron chi connectivity index (χ3n) is 5.46. The predicted octanol–water partition coefficient (Wildman–Crippen LogP) is 4.79. The van der Waals surface area contributed by atoms with Gasteiger partial charge in [0.25, 0.3) is 0 Å². The zero-order valence-electron chi connectivity index (χ0n) is 20.0. The molecule has 7 nitrogen and oxygen atoms in total. The number of nitrogens with zero attached hydrogens (tertiary/aromatic N) is 2. The number of hydrogen-bond acceptors (Lipinski definition) is 5. The minimum absolute atomic E-state index is 0.0113. The highest BCUT2D eigenvalue weighted by Gasteiger charge is 2.32. The van der Waals surface area contributed by atoms with Crippen molar-refractivity contribution >= 4 is 43.0 Å². The fourth-order valence-electron chi connectivity index (χ4n) is 3.42. The van der Waals surface area contributed by atoms with Crippen molar-refractivity contribution in [2.45, 2.75) is 51.6 Å². The summed E-state index contributed by atoms with van der Waals surface area (Å²) in [6.07, 6.45) is 0.496. The Bertz CT molecular complexity index is 1170. The van der Waals surface area contributed by atoms with Crippen LogP contribution in [0.2, 0.25) is 5.02 Å². The van der Waals surface area contributed by atoms with Crippen LogP contribution in [0.15, 0.2) is 47.4 Å². The summed E-state index contributed by atoms with van der Waals surface area (Å²) in [7, 11) is -3.63. The van der Waals surface area contributed by atoms with Gasteiger partial charge < -0.3 is 4.90 Å². The molecule has 0 saturated carbocycles. The lowest BCUT2D eigenvalue weighted by atomic mass is 10.1. The first-order valence-corrected chi connectivity index (χ1v) is 14.3. The Labute approximate surface area is 203 Å². The van der Waals surface area contributed by atoms with Crippen molar-refractivity contribution in [3.05, 3.63) is 53.1 Å². The van der Waals surface area contributed by atoms with Crippen LogP contribution in [0.5, 0.6) is 0 Å². The summed E-state index contributed by atoms with van der Waals surface area (Å²) < 4.78 is 55.9. The summed E-state index contributed by atoms with van der Waals surface area (Å²) >= 11 is 6.08. The summed E-state index contributed by atoms with van der Waals surface area (Å²) in [6, 6.07) is 11.1. The molecule has 184 valence electrons. The first kappa shape index (κ1) is 27.4. The number of sulfonamides is 2. The van der Waals surface area contributed by atoms with Gasteiger partial charge >= 0.3 is 0 Å². The number of benzene rings is 2. The topological polar surface area (TPSA) is 86.8 Å². The number of nitrogens with one attached hydrogen (secondary N) is 1. The maximum atomic E-state index is 13.7. The van der Waals surface area contributed by atoms with Gasteiger partial charge in [-0.05, 0) is 61.2 Å². The summed E-state index contributed by atoms with van der Waals surface area (Å²) in [5, 5.41) is 0.342. The van der Waals surface area contributed by atoms with Gasteiger partial charge in [0.2, 0.25) is 20.0 Å². The van der Waals surface area contributed by atoms with Crippen LogP contribution in [-0.4, -0.2) is 47.0 Å². The van der Waals surface area contributed by atoms with Crippen LogP contribution in [0.25, 0.3) is 0 Å². The number of halogens is 1. The monoisotopic (exact) mass is 515 g/mol. The molecule has 33 heavy (non-hydrogen) atoms. The van der Waals surface area contributed by atoms with E-state index < -0.39 is 20.0 Å². The van der Waals surface area contributed by atoms with Gasteiger partial charge in [0.1, 0.15) is 0 Å². The molecule has 0 fully saturated rings. The molecule has 10 heteroatoms. The second-order valence-electron chi connectivity index (χ2n) is 8.65. The molecule has 1 N–H and O–H groups in total. The molecule has 1 atom stereocenters. The maximum Gasteiger partial charge on any atom is 0.243 e. The molecule has 0 unspecified atom stereocenters. The molecule has 0 bridgehead atoms. The molecule has 0 amide bonds. The van der Waals surface area contributed by atoms with Gasteiger partial charge in [-0.1, -0.05) is 38.4 Å². The standard InChI is InChI=1S/C23H34ClN3O4S2/c1-7-13-32(28,29)25-21-11-12-23(26(5)6)19(14-21)16-27(18(4)17(2)3)33(30,31)22-10-8-9-20(24)15-22/h8-12,14-15,17-18,25H,7,13,16H2,1-6H3/t18-/m1/s1. The minimum Gasteiger partial charge on any atom is -0.377 e. The van der Waals surface area contributed by atoms with Crippen molar-refractivity contribution in [2.24, 2.45) is 5.92 Å². The summed E-state index contributed by atoms with van der Waals surface area (Å²) in [6.45, 7) is 7.67. The molecule has 0 aromatic heterocycles. The lowest BCUT2D eigenvalue weighted by Gasteiger charge is -2.32. The van der Waals surface area contributed by atoms with E-state index in [0.29, 0.717) is 22.7 Å². The fourth-order valence-corrected chi connectivity index (χ4v) is 6.59. The van der Waals surface area contributed by atoms with E-state index in [1.54, 1.807) is 37.3 Å². The highest BCUT2D eigenvalue weighted by Crippen LogP contribution is 2.30. The Kier molecular flexibility index (Phi) is 9.21. The predicted molar refractivity (Wildman–Crippen MR) is 137 cm³/mol. The largest absolute Gasteiger partial charge is 0.377 e. The van der Waals surface area contributed by atoms with Crippen LogP contribution < -0.4 is 9.62 Å². The molecule has 2 aromatic rings. The Morgan fingerprint density at radius 1 is 1.00 bits per heavy atom. The van der Waals surface area contributed by atoms with Gasteiger partial charge in [-0.15, -0.1) is 0 Å². The molecule has 0 aliphatic rings. The second kappa shape index (κ2) is 11.1. The van der Waals surface area contributed by atoms with E-state index in [4.69, 9.17) is 11.6 Å². The molecule has 0 heterocycles. The van der Waals surface area contributed by atoms with Crippen LogP contribution in [0.1, 0.15) is 39.7 Å². The average molecular weight is 516 g/mol. The number of rotatable bonds is 11. The van der Waals surface area contributed by atoms with Crippen molar-refractivity contribution in [3.8, 4) is 0 Å². The van der Waals surface area contributed by atoms with Gasteiger partial charge in [-0.25, -0.2) is 16.8 Å². The van der Waals surface area contributed by atoms with Gasteiger partial charge in [-0.3, -0.25) is 4.72 Å². The lowest BCUT2D eigenvalue weighted by molar-refractivity contribution is 0.270. The van der Waals surface area contributed by atoms with Crippen LogP contribution in [0, 0.1) is 5.92 Å². The molecule has 0 aliphatic heterocycles. The van der Waals surface area contributed by atoms with Gasteiger partial charge in [0.15, 0.2) is 0 Å². The van der Waals surface area contributed by atoms with Gasteiger partial charge in [0, 0.05) is 43.1 Å². The minimum atomic E-state index is -3.87. The molecular weight excluding hydrogens is 482 g/mol. The normalized spacial score (nSPS) is 13.4. The molecule has 0 radical (unpaired) electrons. The Morgan fingerprint density at radius 2 is 1.67 bits per heavy atom. The van der Waals surface area contributed by atoms with E-state index in [0.717, 1.165) is 5.69 Å². The van der Waals surface area contributed by atoms with Crippen molar-refractivity contribution in [2.75, 3.05) is 29.5 Å². The molecule has 2 aromatic carbocycles. The highest BCUT2D eigenvalue weighted by atomic mass is 35.5. The summed E-state index contributed by atoms with van der Waals surface area (Å²) in [5.74, 6) is 0.0604. The first-order valence-electron chi connectivity index (χ1n) is 10.9. The summed E-state index contributed by atoms with van der Waals surface area (Å²) in [5.41, 5.74) is 1.90. The second-order valence-corrected chi connectivity index (χ2v) is 12.8. The Balaban J connectivity index is 2.58. The van der Waals surface area contributed by atoms with Crippen LogP contribution in [0.3, 0.4) is 0 Å². The van der Waals surface area contributed by atoms with Crippen molar-refractivity contribution in [1.29, 1.82) is 0 Å². The first-order chi connectivity index (χ1) is 15.3. The van der Waals surface area contributed by atoms with Crippen molar-refractivity contribution in [3.63, 3.8) is 0 Å².